The molecule has 0 N–H and O–H groups in total. The number of halogens is 5. The summed E-state index contributed by atoms with van der Waals surface area (Å²) in [5.74, 6) is -0.199. The molecule has 0 fully saturated rings. The maximum absolute atomic E-state index is 12.1. The first-order valence-electron chi connectivity index (χ1n) is 3.25. The highest BCUT2D eigenvalue weighted by Gasteiger charge is 2.20. The minimum absolute atomic E-state index is 0.199. The minimum atomic E-state index is -6.00. The van der Waals surface area contributed by atoms with Gasteiger partial charge in [0.2, 0.25) is 12.0 Å². The van der Waals surface area contributed by atoms with E-state index in [1.165, 1.54) is 12.4 Å². The lowest BCUT2D eigenvalue weighted by molar-refractivity contribution is -0.751. The van der Waals surface area contributed by atoms with E-state index in [0.717, 1.165) is 0 Å². The van der Waals surface area contributed by atoms with Gasteiger partial charge >= 0.3 is 7.25 Å². The van der Waals surface area contributed by atoms with Crippen molar-refractivity contribution in [3.8, 4) is 0 Å². The summed E-state index contributed by atoms with van der Waals surface area (Å²) >= 11 is 0. The molecule has 1 rings (SSSR count). The monoisotopic (exact) mass is 202 g/mol. The summed E-state index contributed by atoms with van der Waals surface area (Å²) in [6.07, 6.45) is 2.83. The minimum Gasteiger partial charge on any atom is -0.418 e. The lowest BCUT2D eigenvalue weighted by Gasteiger charge is -1.94. The van der Waals surface area contributed by atoms with Gasteiger partial charge in [0.1, 0.15) is 6.20 Å². The molecule has 0 unspecified atom stereocenters. The molecule has 0 aromatic carbocycles. The molecule has 0 atom stereocenters. The van der Waals surface area contributed by atoms with Gasteiger partial charge in [-0.2, -0.15) is 9.07 Å². The summed E-state index contributed by atoms with van der Waals surface area (Å²) in [6.45, 7) is 0. The smallest absolute Gasteiger partial charge is 0.418 e. The Kier molecular flexibility index (Phi) is 3.89. The van der Waals surface area contributed by atoms with Gasteiger partial charge in [-0.3, -0.25) is 0 Å². The Labute approximate surface area is 71.7 Å². The lowest BCUT2D eigenvalue weighted by atomic mass is 10.3. The van der Waals surface area contributed by atoms with Gasteiger partial charge in [0.05, 0.1) is 7.05 Å². The third-order valence-corrected chi connectivity index (χ3v) is 1.12. The maximum Gasteiger partial charge on any atom is 0.673 e. The van der Waals surface area contributed by atoms with Crippen molar-refractivity contribution < 1.29 is 26.3 Å². The van der Waals surface area contributed by atoms with Crippen molar-refractivity contribution in [2.24, 2.45) is 14.1 Å². The van der Waals surface area contributed by atoms with Gasteiger partial charge in [-0.25, -0.2) is 0 Å². The molecular weight excluding hydrogens is 194 g/mol. The van der Waals surface area contributed by atoms with Crippen molar-refractivity contribution in [1.29, 1.82) is 0 Å². The molecule has 8 heteroatoms. The molecular formula is C5H8BF5N2. The van der Waals surface area contributed by atoms with E-state index >= 15 is 0 Å². The number of hydrogen-bond acceptors (Lipinski definition) is 0. The Morgan fingerprint density at radius 2 is 1.69 bits per heavy atom. The van der Waals surface area contributed by atoms with Crippen LogP contribution < -0.4 is 4.68 Å². The zero-order chi connectivity index (χ0) is 10.6. The van der Waals surface area contributed by atoms with Crippen LogP contribution >= 0.6 is 0 Å². The molecule has 0 spiro atoms. The molecule has 0 saturated heterocycles. The highest BCUT2D eigenvalue weighted by Crippen LogP contribution is 2.06. The topological polar surface area (TPSA) is 8.81 Å². The van der Waals surface area contributed by atoms with Crippen LogP contribution in [-0.4, -0.2) is 11.9 Å². The number of hydrogen-bond donors (Lipinski definition) is 0. The Morgan fingerprint density at radius 1 is 1.31 bits per heavy atom. The first kappa shape index (κ1) is 11.9. The van der Waals surface area contributed by atoms with E-state index in [1.54, 1.807) is 23.5 Å². The Morgan fingerprint density at radius 3 is 1.77 bits per heavy atom. The Balaban J connectivity index is 0.000000252. The molecule has 0 amide bonds. The van der Waals surface area contributed by atoms with Crippen LogP contribution in [0.4, 0.5) is 21.7 Å². The van der Waals surface area contributed by atoms with E-state index in [4.69, 9.17) is 0 Å². The van der Waals surface area contributed by atoms with Gasteiger partial charge in [-0.1, -0.05) is 0 Å². The standard InChI is InChI=1S/C5H8FN2.BF4/c1-7-3-5(6)4-8(7)2;2-1(3,4)5/h3-4H,1-2H3;/q+1;-1. The predicted molar refractivity (Wildman–Crippen MR) is 36.7 cm³/mol. The molecule has 2 nitrogen and oxygen atoms in total. The second kappa shape index (κ2) is 4.24. The van der Waals surface area contributed by atoms with Crippen LogP contribution in [0.5, 0.6) is 0 Å². The summed E-state index contributed by atoms with van der Waals surface area (Å²) in [6, 6.07) is 0. The SMILES string of the molecule is Cn1cc(F)c[n+]1C.F[B-](F)(F)F. The fourth-order valence-corrected chi connectivity index (χ4v) is 0.572. The van der Waals surface area contributed by atoms with Crippen LogP contribution in [0.3, 0.4) is 0 Å². The first-order chi connectivity index (χ1) is 5.70. The number of aryl methyl sites for hydroxylation is 2. The van der Waals surface area contributed by atoms with Crippen molar-refractivity contribution in [3.05, 3.63) is 18.2 Å². The third kappa shape index (κ3) is 7.29. The summed E-state index contributed by atoms with van der Waals surface area (Å²) < 4.78 is 54.5. The van der Waals surface area contributed by atoms with Crippen LogP contribution in [0.25, 0.3) is 0 Å². The van der Waals surface area contributed by atoms with Gasteiger partial charge in [0, 0.05) is 0 Å². The van der Waals surface area contributed by atoms with Crippen molar-refractivity contribution >= 4 is 7.25 Å². The molecule has 76 valence electrons. The first-order valence-corrected chi connectivity index (χ1v) is 3.25. The van der Waals surface area contributed by atoms with Gasteiger partial charge in [0.15, 0.2) is 7.05 Å². The van der Waals surface area contributed by atoms with Crippen LogP contribution in [-0.2, 0) is 14.1 Å². The summed E-state index contributed by atoms with van der Waals surface area (Å²) in [4.78, 5) is 0. The van der Waals surface area contributed by atoms with E-state index < -0.39 is 7.25 Å². The highest BCUT2D eigenvalue weighted by molar-refractivity contribution is 6.50. The van der Waals surface area contributed by atoms with Gasteiger partial charge < -0.3 is 17.3 Å². The Hall–Kier alpha value is -1.08. The molecule has 1 aromatic rings. The van der Waals surface area contributed by atoms with E-state index in [0.29, 0.717) is 0 Å². The van der Waals surface area contributed by atoms with Crippen LogP contribution in [0.15, 0.2) is 12.4 Å². The molecule has 0 aliphatic carbocycles. The normalized spacial score (nSPS) is 10.7. The van der Waals surface area contributed by atoms with Crippen molar-refractivity contribution in [1.82, 2.24) is 4.68 Å². The maximum atomic E-state index is 12.1. The number of nitrogens with zero attached hydrogens (tertiary/aromatic N) is 2. The van der Waals surface area contributed by atoms with Gasteiger partial charge in [-0.05, 0) is 0 Å². The second-order valence-electron chi connectivity index (χ2n) is 2.29. The van der Waals surface area contributed by atoms with E-state index in [2.05, 4.69) is 0 Å². The molecule has 1 aromatic heterocycles. The molecule has 0 saturated carbocycles. The lowest BCUT2D eigenvalue weighted by Crippen LogP contribution is -2.35. The third-order valence-electron chi connectivity index (χ3n) is 1.12. The fourth-order valence-electron chi connectivity index (χ4n) is 0.572. The molecule has 0 aliphatic rings. The summed E-state index contributed by atoms with van der Waals surface area (Å²) in [7, 11) is -2.44. The predicted octanol–water partition coefficient (Wildman–Crippen LogP) is 1.29. The van der Waals surface area contributed by atoms with Gasteiger partial charge in [-0.15, -0.1) is 4.68 Å². The van der Waals surface area contributed by atoms with Crippen LogP contribution in [0.1, 0.15) is 0 Å². The largest absolute Gasteiger partial charge is 0.673 e. The van der Waals surface area contributed by atoms with Crippen LogP contribution in [0.2, 0.25) is 0 Å². The zero-order valence-electron chi connectivity index (χ0n) is 7.02. The molecule has 0 radical (unpaired) electrons. The molecule has 0 aliphatic heterocycles. The quantitative estimate of drug-likeness (QED) is 0.340. The molecule has 13 heavy (non-hydrogen) atoms. The average molecular weight is 202 g/mol. The van der Waals surface area contributed by atoms with Gasteiger partial charge in [0.25, 0.3) is 0 Å². The fraction of sp³-hybridized carbons (Fsp3) is 0.400. The molecule has 0 bridgehead atoms. The van der Waals surface area contributed by atoms with Crippen LogP contribution in [0, 0.1) is 5.82 Å². The van der Waals surface area contributed by atoms with Crippen molar-refractivity contribution in [3.63, 3.8) is 0 Å². The van der Waals surface area contributed by atoms with Crippen molar-refractivity contribution in [2.45, 2.75) is 0 Å². The van der Waals surface area contributed by atoms with Crippen molar-refractivity contribution in [2.75, 3.05) is 0 Å². The molecule has 1 heterocycles. The Bertz CT molecular complexity index is 243. The highest BCUT2D eigenvalue weighted by atomic mass is 19.5. The number of aromatic nitrogens is 2. The van der Waals surface area contributed by atoms with E-state index in [9.17, 15) is 21.7 Å². The summed E-state index contributed by atoms with van der Waals surface area (Å²) in [5.41, 5.74) is 0. The second-order valence-corrected chi connectivity index (χ2v) is 2.29. The average Bonchev–Trinajstić information content (AvgIpc) is 2.05. The van der Waals surface area contributed by atoms with E-state index in [-0.39, 0.29) is 5.82 Å². The summed E-state index contributed by atoms with van der Waals surface area (Å²) in [5, 5.41) is 0. The number of rotatable bonds is 0. The zero-order valence-corrected chi connectivity index (χ0v) is 7.02. The van der Waals surface area contributed by atoms with E-state index in [1.807, 2.05) is 0 Å².